The van der Waals surface area contributed by atoms with E-state index in [0.717, 1.165) is 12.8 Å². The van der Waals surface area contributed by atoms with Crippen LogP contribution in [0.15, 0.2) is 0 Å². The molecule has 0 aromatic heterocycles. The Bertz CT molecular complexity index is 175. The van der Waals surface area contributed by atoms with Gasteiger partial charge in [-0.2, -0.15) is 0 Å². The molecule has 0 saturated heterocycles. The van der Waals surface area contributed by atoms with Crippen molar-refractivity contribution in [3.8, 4) is 0 Å². The maximum Gasteiger partial charge on any atom is 0.407 e. The number of hydrogen-bond donors (Lipinski definition) is 2. The molecule has 0 rings (SSSR count). The molecule has 0 heterocycles. The molecule has 1 amide bonds. The lowest BCUT2D eigenvalue weighted by molar-refractivity contribution is 0.0479. The summed E-state index contributed by atoms with van der Waals surface area (Å²) in [5, 5.41) is 11.5. The Morgan fingerprint density at radius 2 is 2.07 bits per heavy atom. The van der Waals surface area contributed by atoms with Crippen LogP contribution in [0.2, 0.25) is 0 Å². The standard InChI is InChI=1S/C10H21NO3/c1-5-6-8(7-12)11-9(13)14-10(2,3)4/h8,12H,5-7H2,1-4H3,(H,11,13). The molecule has 0 aromatic rings. The number of amides is 1. The Morgan fingerprint density at radius 3 is 2.43 bits per heavy atom. The molecule has 0 aliphatic rings. The molecule has 4 nitrogen and oxygen atoms in total. The quantitative estimate of drug-likeness (QED) is 0.730. The van der Waals surface area contributed by atoms with Gasteiger partial charge in [-0.1, -0.05) is 13.3 Å². The Morgan fingerprint density at radius 1 is 1.50 bits per heavy atom. The van der Waals surface area contributed by atoms with Crippen LogP contribution >= 0.6 is 0 Å². The summed E-state index contributed by atoms with van der Waals surface area (Å²) in [5.74, 6) is 0. The van der Waals surface area contributed by atoms with Gasteiger partial charge in [-0.25, -0.2) is 4.79 Å². The maximum atomic E-state index is 11.3. The fourth-order valence-electron chi connectivity index (χ4n) is 1.03. The zero-order valence-electron chi connectivity index (χ0n) is 9.46. The van der Waals surface area contributed by atoms with E-state index in [4.69, 9.17) is 9.84 Å². The number of ether oxygens (including phenoxy) is 1. The van der Waals surface area contributed by atoms with Gasteiger partial charge in [0.15, 0.2) is 0 Å². The first-order chi connectivity index (χ1) is 6.39. The number of aliphatic hydroxyl groups excluding tert-OH is 1. The summed E-state index contributed by atoms with van der Waals surface area (Å²) in [5.41, 5.74) is -0.490. The monoisotopic (exact) mass is 203 g/mol. The van der Waals surface area contributed by atoms with Crippen LogP contribution in [0.4, 0.5) is 4.79 Å². The van der Waals surface area contributed by atoms with Crippen LogP contribution in [0.3, 0.4) is 0 Å². The molecular weight excluding hydrogens is 182 g/mol. The first-order valence-electron chi connectivity index (χ1n) is 4.99. The fraction of sp³-hybridized carbons (Fsp3) is 0.900. The second-order valence-electron chi connectivity index (χ2n) is 4.31. The summed E-state index contributed by atoms with van der Waals surface area (Å²) < 4.78 is 5.06. The van der Waals surface area contributed by atoms with E-state index in [9.17, 15) is 4.79 Å². The number of hydrogen-bond acceptors (Lipinski definition) is 3. The molecule has 0 radical (unpaired) electrons. The summed E-state index contributed by atoms with van der Waals surface area (Å²) in [6, 6.07) is -0.199. The van der Waals surface area contributed by atoms with Gasteiger partial charge in [0.2, 0.25) is 0 Å². The third-order valence-corrected chi connectivity index (χ3v) is 1.58. The molecule has 0 bridgehead atoms. The average Bonchev–Trinajstić information content (AvgIpc) is 2.00. The summed E-state index contributed by atoms with van der Waals surface area (Å²) in [6.07, 6.45) is 1.21. The van der Waals surface area contributed by atoms with Crippen molar-refractivity contribution in [1.29, 1.82) is 0 Å². The van der Waals surface area contributed by atoms with Crippen molar-refractivity contribution in [2.75, 3.05) is 6.61 Å². The van der Waals surface area contributed by atoms with E-state index in [1.807, 2.05) is 6.92 Å². The second-order valence-corrected chi connectivity index (χ2v) is 4.31. The smallest absolute Gasteiger partial charge is 0.407 e. The van der Waals surface area contributed by atoms with E-state index >= 15 is 0 Å². The zero-order chi connectivity index (χ0) is 11.2. The molecule has 1 atom stereocenters. The van der Waals surface area contributed by atoms with E-state index in [-0.39, 0.29) is 12.6 Å². The Balaban J connectivity index is 3.91. The highest BCUT2D eigenvalue weighted by molar-refractivity contribution is 5.68. The first kappa shape index (κ1) is 13.2. The van der Waals surface area contributed by atoms with Crippen LogP contribution in [-0.2, 0) is 4.74 Å². The highest BCUT2D eigenvalue weighted by Crippen LogP contribution is 2.07. The maximum absolute atomic E-state index is 11.3. The number of carbonyl (C=O) groups excluding carboxylic acids is 1. The van der Waals surface area contributed by atoms with Crippen molar-refractivity contribution in [2.24, 2.45) is 0 Å². The van der Waals surface area contributed by atoms with Crippen molar-refractivity contribution in [2.45, 2.75) is 52.2 Å². The minimum absolute atomic E-state index is 0.0485. The summed E-state index contributed by atoms with van der Waals surface area (Å²) in [4.78, 5) is 11.3. The lowest BCUT2D eigenvalue weighted by Crippen LogP contribution is -2.40. The van der Waals surface area contributed by atoms with Crippen LogP contribution in [-0.4, -0.2) is 29.4 Å². The number of rotatable bonds is 4. The molecular formula is C10H21NO3. The van der Waals surface area contributed by atoms with E-state index in [0.29, 0.717) is 0 Å². The van der Waals surface area contributed by atoms with Gasteiger partial charge >= 0.3 is 6.09 Å². The Hall–Kier alpha value is -0.770. The van der Waals surface area contributed by atoms with Crippen molar-refractivity contribution in [1.82, 2.24) is 5.32 Å². The van der Waals surface area contributed by atoms with Gasteiger partial charge in [-0.3, -0.25) is 0 Å². The van der Waals surface area contributed by atoms with Gasteiger partial charge in [0.05, 0.1) is 12.6 Å². The molecule has 0 spiro atoms. The topological polar surface area (TPSA) is 58.6 Å². The van der Waals surface area contributed by atoms with Crippen molar-refractivity contribution < 1.29 is 14.6 Å². The number of alkyl carbamates (subject to hydrolysis) is 1. The third kappa shape index (κ3) is 6.71. The highest BCUT2D eigenvalue weighted by Gasteiger charge is 2.18. The van der Waals surface area contributed by atoms with Gasteiger partial charge in [0, 0.05) is 0 Å². The molecule has 0 aliphatic carbocycles. The van der Waals surface area contributed by atoms with Gasteiger partial charge < -0.3 is 15.2 Å². The zero-order valence-corrected chi connectivity index (χ0v) is 9.46. The largest absolute Gasteiger partial charge is 0.444 e. The molecule has 4 heteroatoms. The first-order valence-corrected chi connectivity index (χ1v) is 4.99. The molecule has 1 unspecified atom stereocenters. The third-order valence-electron chi connectivity index (χ3n) is 1.58. The van der Waals surface area contributed by atoms with Gasteiger partial charge in [0.1, 0.15) is 5.60 Å². The van der Waals surface area contributed by atoms with E-state index in [1.54, 1.807) is 20.8 Å². The van der Waals surface area contributed by atoms with Crippen LogP contribution in [0.25, 0.3) is 0 Å². The van der Waals surface area contributed by atoms with Gasteiger partial charge in [-0.15, -0.1) is 0 Å². The molecule has 0 aromatic carbocycles. The summed E-state index contributed by atoms with van der Waals surface area (Å²) in [7, 11) is 0. The molecule has 2 N–H and O–H groups in total. The molecule has 0 saturated carbocycles. The molecule has 14 heavy (non-hydrogen) atoms. The molecule has 0 fully saturated rings. The predicted molar refractivity (Wildman–Crippen MR) is 55.2 cm³/mol. The lowest BCUT2D eigenvalue weighted by Gasteiger charge is -2.22. The van der Waals surface area contributed by atoms with E-state index < -0.39 is 11.7 Å². The normalized spacial score (nSPS) is 13.5. The Labute approximate surface area is 85.6 Å². The van der Waals surface area contributed by atoms with Crippen molar-refractivity contribution in [3.63, 3.8) is 0 Å². The minimum atomic E-state index is -0.490. The van der Waals surface area contributed by atoms with Crippen LogP contribution in [0, 0.1) is 0 Å². The van der Waals surface area contributed by atoms with E-state index in [1.165, 1.54) is 0 Å². The Kier molecular flexibility index (Phi) is 5.53. The fourth-order valence-corrected chi connectivity index (χ4v) is 1.03. The number of carbonyl (C=O) groups is 1. The predicted octanol–water partition coefficient (Wildman–Crippen LogP) is 1.67. The van der Waals surface area contributed by atoms with Crippen LogP contribution in [0.1, 0.15) is 40.5 Å². The second kappa shape index (κ2) is 5.86. The summed E-state index contributed by atoms with van der Waals surface area (Å²) in [6.45, 7) is 7.37. The van der Waals surface area contributed by atoms with Crippen molar-refractivity contribution >= 4 is 6.09 Å². The van der Waals surface area contributed by atoms with Crippen molar-refractivity contribution in [3.05, 3.63) is 0 Å². The highest BCUT2D eigenvalue weighted by atomic mass is 16.6. The minimum Gasteiger partial charge on any atom is -0.444 e. The molecule has 84 valence electrons. The number of nitrogens with one attached hydrogen (secondary N) is 1. The average molecular weight is 203 g/mol. The van der Waals surface area contributed by atoms with Crippen LogP contribution < -0.4 is 5.32 Å². The van der Waals surface area contributed by atoms with Gasteiger partial charge in [-0.05, 0) is 27.2 Å². The van der Waals surface area contributed by atoms with Gasteiger partial charge in [0.25, 0.3) is 0 Å². The SMILES string of the molecule is CCCC(CO)NC(=O)OC(C)(C)C. The molecule has 0 aliphatic heterocycles. The summed E-state index contributed by atoms with van der Waals surface area (Å²) >= 11 is 0. The lowest BCUT2D eigenvalue weighted by atomic mass is 10.2. The number of aliphatic hydroxyl groups is 1. The van der Waals surface area contributed by atoms with E-state index in [2.05, 4.69) is 5.32 Å². The van der Waals surface area contributed by atoms with Crippen LogP contribution in [0.5, 0.6) is 0 Å².